The van der Waals surface area contributed by atoms with Gasteiger partial charge in [0.25, 0.3) is 5.66 Å². The number of hydrogen-bond acceptors (Lipinski definition) is 6. The fourth-order valence-corrected chi connectivity index (χ4v) is 4.57. The molecule has 1 aliphatic carbocycles. The summed E-state index contributed by atoms with van der Waals surface area (Å²) in [6.45, 7) is 3.68. The summed E-state index contributed by atoms with van der Waals surface area (Å²) in [4.78, 5) is 0.846. The average Bonchev–Trinajstić information content (AvgIpc) is 3.09. The van der Waals surface area contributed by atoms with Crippen molar-refractivity contribution in [2.75, 3.05) is 0 Å². The maximum absolute atomic E-state index is 13.4. The van der Waals surface area contributed by atoms with E-state index in [2.05, 4.69) is 10.5 Å². The molecule has 0 radical (unpaired) electrons. The van der Waals surface area contributed by atoms with Gasteiger partial charge in [0.1, 0.15) is 11.3 Å². The average molecular weight is 367 g/mol. The van der Waals surface area contributed by atoms with E-state index in [9.17, 15) is 10.4 Å². The van der Waals surface area contributed by atoms with Crippen molar-refractivity contribution in [3.63, 3.8) is 0 Å². The molecule has 1 spiro atoms. The molecule has 1 unspecified atom stereocenters. The summed E-state index contributed by atoms with van der Waals surface area (Å²) in [5.41, 5.74) is 7.08. The van der Waals surface area contributed by atoms with Gasteiger partial charge in [0, 0.05) is 6.42 Å². The zero-order chi connectivity index (χ0) is 17.5. The van der Waals surface area contributed by atoms with E-state index in [0.29, 0.717) is 24.3 Å². The molecule has 1 aliphatic heterocycles. The van der Waals surface area contributed by atoms with Crippen LogP contribution < -0.4 is 11.2 Å². The summed E-state index contributed by atoms with van der Waals surface area (Å²) in [6.07, 6.45) is 2.81. The van der Waals surface area contributed by atoms with Crippen LogP contribution in [0.3, 0.4) is 0 Å². The van der Waals surface area contributed by atoms with Gasteiger partial charge in [-0.05, 0) is 56.8 Å². The zero-order valence-corrected chi connectivity index (χ0v) is 15.3. The van der Waals surface area contributed by atoms with Gasteiger partial charge in [0.15, 0.2) is 5.11 Å². The van der Waals surface area contributed by atoms with Crippen LogP contribution in [0.15, 0.2) is 22.6 Å². The lowest BCUT2D eigenvalue weighted by Crippen LogP contribution is -2.61. The second kappa shape index (κ2) is 6.07. The number of hydroxylamine groups is 3. The smallest absolute Gasteiger partial charge is 0.292 e. The summed E-state index contributed by atoms with van der Waals surface area (Å²) in [6, 6.07) is 3.79. The highest BCUT2D eigenvalue weighted by atomic mass is 32.1. The van der Waals surface area contributed by atoms with Gasteiger partial charge in [-0.25, -0.2) is 0 Å². The van der Waals surface area contributed by atoms with Crippen molar-refractivity contribution in [3.05, 3.63) is 27.6 Å². The van der Waals surface area contributed by atoms with Crippen molar-refractivity contribution in [2.24, 2.45) is 10.8 Å². The van der Waals surface area contributed by atoms with Gasteiger partial charge in [-0.15, -0.1) is 16.4 Å². The van der Waals surface area contributed by atoms with Gasteiger partial charge in [-0.3, -0.25) is 5.43 Å². The fraction of sp³-hybridized carbons (Fsp3) is 0.533. The third kappa shape index (κ3) is 2.43. The minimum Gasteiger partial charge on any atom is -0.622 e. The second-order valence-corrected chi connectivity index (χ2v) is 7.94. The lowest BCUT2D eigenvalue weighted by atomic mass is 9.86. The second-order valence-electron chi connectivity index (χ2n) is 6.55. The lowest BCUT2D eigenvalue weighted by molar-refractivity contribution is -0.568. The topological polar surface area (TPSA) is 100.0 Å². The van der Waals surface area contributed by atoms with Crippen LogP contribution in [0.5, 0.6) is 0 Å². The van der Waals surface area contributed by atoms with E-state index in [1.807, 2.05) is 31.4 Å². The number of thiophene rings is 1. The Labute approximate surface area is 150 Å². The van der Waals surface area contributed by atoms with Crippen LogP contribution in [0.4, 0.5) is 0 Å². The van der Waals surface area contributed by atoms with Gasteiger partial charge in [0.05, 0.1) is 4.88 Å². The van der Waals surface area contributed by atoms with Crippen molar-refractivity contribution < 1.29 is 9.95 Å². The van der Waals surface area contributed by atoms with E-state index in [0.717, 1.165) is 27.5 Å². The predicted octanol–water partition coefficient (Wildman–Crippen LogP) is 1.99. The molecule has 0 saturated heterocycles. The Morgan fingerprint density at radius 1 is 1.54 bits per heavy atom. The third-order valence-electron chi connectivity index (χ3n) is 4.71. The van der Waals surface area contributed by atoms with Crippen LogP contribution in [0.2, 0.25) is 0 Å². The molecule has 7 nitrogen and oxygen atoms in total. The van der Waals surface area contributed by atoms with E-state index >= 15 is 0 Å². The molecule has 130 valence electrons. The Morgan fingerprint density at radius 3 is 2.92 bits per heavy atom. The minimum absolute atomic E-state index is 0.0323. The molecule has 1 aromatic rings. The number of rotatable bonds is 2. The first kappa shape index (κ1) is 17.3. The molecule has 2 heterocycles. The Balaban J connectivity index is 2.17. The molecule has 24 heavy (non-hydrogen) atoms. The monoisotopic (exact) mass is 367 g/mol. The summed E-state index contributed by atoms with van der Waals surface area (Å²) >= 11 is 6.29. The molecule has 0 aromatic carbocycles. The number of hydrogen-bond donors (Lipinski definition) is 3. The van der Waals surface area contributed by atoms with Gasteiger partial charge in [0.2, 0.25) is 5.71 Å². The third-order valence-corrected chi connectivity index (χ3v) is 5.67. The molecular formula is C15H21N5O2S2. The van der Waals surface area contributed by atoms with E-state index < -0.39 is 11.2 Å². The van der Waals surface area contributed by atoms with Crippen LogP contribution >= 0.6 is 23.6 Å². The summed E-state index contributed by atoms with van der Waals surface area (Å²) in [5.74, 6) is 0. The van der Waals surface area contributed by atoms with Crippen LogP contribution in [0, 0.1) is 5.21 Å². The van der Waals surface area contributed by atoms with Gasteiger partial charge < -0.3 is 16.1 Å². The molecule has 3 rings (SSSR count). The highest BCUT2D eigenvalue weighted by molar-refractivity contribution is 7.80. The van der Waals surface area contributed by atoms with Gasteiger partial charge in [-0.2, -0.15) is 9.84 Å². The van der Waals surface area contributed by atoms with Gasteiger partial charge >= 0.3 is 0 Å². The lowest BCUT2D eigenvalue weighted by Gasteiger charge is -2.38. The number of thiocarbonyl (C=S) groups is 1. The summed E-state index contributed by atoms with van der Waals surface area (Å²) in [7, 11) is 0. The number of nitrogens with zero attached hydrogens (tertiary/aromatic N) is 3. The highest BCUT2D eigenvalue weighted by Gasteiger charge is 2.65. The SMILES string of the molecule is CC1(C)C(c2cccs2)=[N+]([O-])C2(CCCC/C2=N\NC(N)=S)N1O. The quantitative estimate of drug-likeness (QED) is 0.320. The molecule has 0 bridgehead atoms. The van der Waals surface area contributed by atoms with Crippen LogP contribution in [-0.4, -0.2) is 42.7 Å². The number of hydrazone groups is 1. The molecule has 0 amide bonds. The molecule has 1 aromatic heterocycles. The maximum atomic E-state index is 13.4. The Morgan fingerprint density at radius 2 is 2.29 bits per heavy atom. The van der Waals surface area contributed by atoms with Crippen LogP contribution in [-0.2, 0) is 0 Å². The van der Waals surface area contributed by atoms with Crippen molar-refractivity contribution in [3.8, 4) is 0 Å². The summed E-state index contributed by atoms with van der Waals surface area (Å²) in [5, 5.41) is 31.7. The minimum atomic E-state index is -1.22. The van der Waals surface area contributed by atoms with Crippen molar-refractivity contribution in [1.82, 2.24) is 10.5 Å². The molecule has 1 fully saturated rings. The first-order chi connectivity index (χ1) is 11.3. The Bertz CT molecular complexity index is 713. The first-order valence-electron chi connectivity index (χ1n) is 7.82. The predicted molar refractivity (Wildman–Crippen MR) is 98.3 cm³/mol. The van der Waals surface area contributed by atoms with Crippen molar-refractivity contribution in [2.45, 2.75) is 50.7 Å². The highest BCUT2D eigenvalue weighted by Crippen LogP contribution is 2.42. The number of nitrogens with one attached hydrogen (secondary N) is 1. The Hall–Kier alpha value is -1.55. The van der Waals surface area contributed by atoms with Crippen molar-refractivity contribution in [1.29, 1.82) is 0 Å². The Kier molecular flexibility index (Phi) is 4.37. The first-order valence-corrected chi connectivity index (χ1v) is 9.11. The van der Waals surface area contributed by atoms with Crippen LogP contribution in [0.1, 0.15) is 44.4 Å². The van der Waals surface area contributed by atoms with E-state index in [1.54, 1.807) is 0 Å². The molecule has 1 atom stereocenters. The maximum Gasteiger partial charge on any atom is 0.292 e. The van der Waals surface area contributed by atoms with E-state index in [1.165, 1.54) is 11.3 Å². The van der Waals surface area contributed by atoms with Crippen molar-refractivity contribution >= 4 is 40.1 Å². The van der Waals surface area contributed by atoms with Crippen LogP contribution in [0.25, 0.3) is 0 Å². The largest absolute Gasteiger partial charge is 0.622 e. The molecular weight excluding hydrogens is 346 g/mol. The number of nitrogens with two attached hydrogens (primary N) is 1. The molecule has 9 heteroatoms. The summed E-state index contributed by atoms with van der Waals surface area (Å²) < 4.78 is 0.929. The fourth-order valence-electron chi connectivity index (χ4n) is 3.62. The standard InChI is InChI=1S/C15H21N5O2S2/c1-14(2)12(10-6-5-9-24-10)19(21)15(20(14)22)8-4-3-7-11(15)17-18-13(16)23/h5-6,9,22H,3-4,7-8H2,1-2H3,(H3,16,18,23)/b17-11+. The normalized spacial score (nSPS) is 28.7. The van der Waals surface area contributed by atoms with E-state index in [-0.39, 0.29) is 5.11 Å². The molecule has 2 aliphatic rings. The zero-order valence-electron chi connectivity index (χ0n) is 13.7. The molecule has 4 N–H and O–H groups in total. The van der Waals surface area contributed by atoms with E-state index in [4.69, 9.17) is 18.0 Å². The molecule has 1 saturated carbocycles. The van der Waals surface area contributed by atoms with Gasteiger partial charge in [-0.1, -0.05) is 6.07 Å².